The molecule has 29 heavy (non-hydrogen) atoms. The number of rotatable bonds is 10. The van der Waals surface area contributed by atoms with Gasteiger partial charge in [-0.1, -0.05) is 17.7 Å². The van der Waals surface area contributed by atoms with E-state index in [1.807, 2.05) is 32.0 Å². The van der Waals surface area contributed by atoms with Gasteiger partial charge in [0.2, 0.25) is 0 Å². The van der Waals surface area contributed by atoms with Gasteiger partial charge in [0.25, 0.3) is 0 Å². The SMILES string of the molecule is CCNC(=NCC(C)(O)c1ccc(C)o1)NCCCCOc1ccc(C)cc1.I. The Morgan fingerprint density at radius 1 is 1.10 bits per heavy atom. The molecule has 2 rings (SSSR count). The quantitative estimate of drug-likeness (QED) is 0.192. The fourth-order valence-corrected chi connectivity index (χ4v) is 2.64. The molecule has 0 saturated carbocycles. The smallest absolute Gasteiger partial charge is 0.191 e. The van der Waals surface area contributed by atoms with Crippen molar-refractivity contribution >= 4 is 29.9 Å². The van der Waals surface area contributed by atoms with E-state index in [9.17, 15) is 5.11 Å². The van der Waals surface area contributed by atoms with Crippen LogP contribution in [0.2, 0.25) is 0 Å². The molecule has 0 amide bonds. The van der Waals surface area contributed by atoms with E-state index in [0.717, 1.165) is 37.4 Å². The Morgan fingerprint density at radius 2 is 1.83 bits per heavy atom. The molecular formula is C22H34IN3O3. The minimum Gasteiger partial charge on any atom is -0.494 e. The second-order valence-electron chi connectivity index (χ2n) is 7.17. The maximum absolute atomic E-state index is 10.6. The van der Waals surface area contributed by atoms with Gasteiger partial charge in [0.05, 0.1) is 13.2 Å². The zero-order valence-electron chi connectivity index (χ0n) is 17.8. The molecule has 1 aromatic heterocycles. The van der Waals surface area contributed by atoms with Crippen LogP contribution in [0.25, 0.3) is 0 Å². The Labute approximate surface area is 191 Å². The van der Waals surface area contributed by atoms with E-state index in [0.29, 0.717) is 18.3 Å². The van der Waals surface area contributed by atoms with Crippen LogP contribution in [0.4, 0.5) is 0 Å². The first-order valence-electron chi connectivity index (χ1n) is 9.91. The summed E-state index contributed by atoms with van der Waals surface area (Å²) in [7, 11) is 0. The molecule has 0 radical (unpaired) electrons. The summed E-state index contributed by atoms with van der Waals surface area (Å²) in [6.07, 6.45) is 1.91. The molecule has 0 saturated heterocycles. The Kier molecular flexibility index (Phi) is 11.1. The van der Waals surface area contributed by atoms with Crippen LogP contribution in [0.5, 0.6) is 5.75 Å². The third-order valence-corrected chi connectivity index (χ3v) is 4.31. The van der Waals surface area contributed by atoms with Crippen molar-refractivity contribution in [3.63, 3.8) is 0 Å². The Bertz CT molecular complexity index is 742. The van der Waals surface area contributed by atoms with Crippen LogP contribution >= 0.6 is 24.0 Å². The van der Waals surface area contributed by atoms with Crippen molar-refractivity contribution in [1.82, 2.24) is 10.6 Å². The van der Waals surface area contributed by atoms with Gasteiger partial charge in [0.15, 0.2) is 5.96 Å². The first-order chi connectivity index (χ1) is 13.4. The number of nitrogens with zero attached hydrogens (tertiary/aromatic N) is 1. The molecule has 3 N–H and O–H groups in total. The zero-order chi connectivity index (χ0) is 20.4. The van der Waals surface area contributed by atoms with Crippen molar-refractivity contribution < 1.29 is 14.3 Å². The summed E-state index contributed by atoms with van der Waals surface area (Å²) >= 11 is 0. The Morgan fingerprint density at radius 3 is 2.45 bits per heavy atom. The fourth-order valence-electron chi connectivity index (χ4n) is 2.64. The van der Waals surface area contributed by atoms with Crippen molar-refractivity contribution in [2.75, 3.05) is 26.2 Å². The molecule has 0 bridgehead atoms. The van der Waals surface area contributed by atoms with Crippen LogP contribution in [0.1, 0.15) is 43.8 Å². The molecule has 0 aliphatic rings. The van der Waals surface area contributed by atoms with Gasteiger partial charge in [-0.3, -0.25) is 0 Å². The second-order valence-corrected chi connectivity index (χ2v) is 7.17. The molecule has 2 aromatic rings. The molecule has 7 heteroatoms. The van der Waals surface area contributed by atoms with Crippen molar-refractivity contribution in [1.29, 1.82) is 0 Å². The molecule has 6 nitrogen and oxygen atoms in total. The third kappa shape index (κ3) is 9.08. The van der Waals surface area contributed by atoms with Crippen LogP contribution in [0.3, 0.4) is 0 Å². The monoisotopic (exact) mass is 515 g/mol. The van der Waals surface area contributed by atoms with E-state index in [2.05, 4.69) is 34.7 Å². The highest BCUT2D eigenvalue weighted by Crippen LogP contribution is 2.23. The average Bonchev–Trinajstić information content (AvgIpc) is 3.11. The molecule has 0 aliphatic carbocycles. The van der Waals surface area contributed by atoms with E-state index in [-0.39, 0.29) is 30.5 Å². The molecule has 1 atom stereocenters. The maximum Gasteiger partial charge on any atom is 0.191 e. The van der Waals surface area contributed by atoms with Gasteiger partial charge in [-0.15, -0.1) is 24.0 Å². The summed E-state index contributed by atoms with van der Waals surface area (Å²) in [4.78, 5) is 4.50. The van der Waals surface area contributed by atoms with Crippen molar-refractivity contribution in [3.05, 3.63) is 53.5 Å². The number of hydrogen-bond donors (Lipinski definition) is 3. The van der Waals surface area contributed by atoms with Crippen molar-refractivity contribution in [3.8, 4) is 5.75 Å². The number of nitrogens with one attached hydrogen (secondary N) is 2. The van der Waals surface area contributed by atoms with E-state index in [4.69, 9.17) is 9.15 Å². The van der Waals surface area contributed by atoms with Crippen LogP contribution < -0.4 is 15.4 Å². The predicted octanol–water partition coefficient (Wildman–Crippen LogP) is 4.14. The minimum absolute atomic E-state index is 0. The molecular weight excluding hydrogens is 481 g/mol. The molecule has 1 unspecified atom stereocenters. The van der Waals surface area contributed by atoms with Gasteiger partial charge in [-0.05, 0) is 64.8 Å². The highest BCUT2D eigenvalue weighted by Gasteiger charge is 2.26. The number of guanidine groups is 1. The summed E-state index contributed by atoms with van der Waals surface area (Å²) in [6.45, 7) is 10.1. The maximum atomic E-state index is 10.6. The molecule has 0 fully saturated rings. The number of ether oxygens (including phenoxy) is 1. The van der Waals surface area contributed by atoms with Gasteiger partial charge < -0.3 is 24.9 Å². The van der Waals surface area contributed by atoms with Crippen LogP contribution in [0.15, 0.2) is 45.8 Å². The first kappa shape index (κ1) is 25.3. The topological polar surface area (TPSA) is 79.0 Å². The second kappa shape index (κ2) is 12.7. The third-order valence-electron chi connectivity index (χ3n) is 4.31. The van der Waals surface area contributed by atoms with Gasteiger partial charge in [-0.2, -0.15) is 0 Å². The lowest BCUT2D eigenvalue weighted by molar-refractivity contribution is 0.0428. The number of benzene rings is 1. The largest absolute Gasteiger partial charge is 0.494 e. The number of hydrogen-bond acceptors (Lipinski definition) is 4. The molecule has 1 heterocycles. The summed E-state index contributed by atoms with van der Waals surface area (Å²) in [6, 6.07) is 11.7. The van der Waals surface area contributed by atoms with Crippen molar-refractivity contribution in [2.24, 2.45) is 4.99 Å². The standard InChI is InChI=1S/C22H33N3O3.HI/c1-5-23-21(25-16-22(4,26)20-13-10-18(3)28-20)24-14-6-7-15-27-19-11-8-17(2)9-12-19;/h8-13,26H,5-7,14-16H2,1-4H3,(H2,23,24,25);1H. The first-order valence-corrected chi connectivity index (χ1v) is 9.91. The summed E-state index contributed by atoms with van der Waals surface area (Å²) in [5.74, 6) is 2.89. The Hall–Kier alpha value is -1.74. The average molecular weight is 515 g/mol. The number of aryl methyl sites for hydroxylation is 2. The highest BCUT2D eigenvalue weighted by atomic mass is 127. The van der Waals surface area contributed by atoms with Gasteiger partial charge in [0.1, 0.15) is 22.9 Å². The predicted molar refractivity (Wildman–Crippen MR) is 128 cm³/mol. The normalized spacial score (nSPS) is 13.3. The van der Waals surface area contributed by atoms with Crippen LogP contribution in [-0.2, 0) is 5.60 Å². The van der Waals surface area contributed by atoms with Crippen LogP contribution in [-0.4, -0.2) is 37.3 Å². The molecule has 0 aliphatic heterocycles. The summed E-state index contributed by atoms with van der Waals surface area (Å²) < 4.78 is 11.3. The summed E-state index contributed by atoms with van der Waals surface area (Å²) in [5.41, 5.74) is 0.0892. The zero-order valence-corrected chi connectivity index (χ0v) is 20.2. The van der Waals surface area contributed by atoms with Crippen molar-refractivity contribution in [2.45, 2.75) is 46.1 Å². The number of aliphatic hydroxyl groups is 1. The lowest BCUT2D eigenvalue weighted by atomic mass is 10.0. The summed E-state index contributed by atoms with van der Waals surface area (Å²) in [5, 5.41) is 17.1. The molecule has 0 spiro atoms. The van der Waals surface area contributed by atoms with Crippen LogP contribution in [0, 0.1) is 13.8 Å². The van der Waals surface area contributed by atoms with E-state index < -0.39 is 5.60 Å². The lowest BCUT2D eigenvalue weighted by Crippen LogP contribution is -2.39. The molecule has 1 aromatic carbocycles. The van der Waals surface area contributed by atoms with Gasteiger partial charge in [-0.25, -0.2) is 4.99 Å². The van der Waals surface area contributed by atoms with Gasteiger partial charge >= 0.3 is 0 Å². The number of halogens is 1. The lowest BCUT2D eigenvalue weighted by Gasteiger charge is -2.19. The van der Waals surface area contributed by atoms with E-state index >= 15 is 0 Å². The van der Waals surface area contributed by atoms with E-state index in [1.165, 1.54) is 5.56 Å². The fraction of sp³-hybridized carbons (Fsp3) is 0.500. The Balaban J connectivity index is 0.00000420. The number of unbranched alkanes of at least 4 members (excludes halogenated alkanes) is 1. The van der Waals surface area contributed by atoms with E-state index in [1.54, 1.807) is 13.0 Å². The number of furan rings is 1. The number of aliphatic imine (C=N–C) groups is 1. The molecule has 162 valence electrons. The minimum atomic E-state index is -1.14. The highest BCUT2D eigenvalue weighted by molar-refractivity contribution is 14.0. The van der Waals surface area contributed by atoms with Gasteiger partial charge in [0, 0.05) is 13.1 Å².